The third-order valence-corrected chi connectivity index (χ3v) is 6.94. The quantitative estimate of drug-likeness (QED) is 0.251. The standard InChI is InChI=1S/C26H20Cl2N2O4S2/c1-2-33-22-13-16(7-12-21(22)34-15-18-5-3-4-6-20(18)28)14-23-25(32)30(26(35)36-23)29-24(31)17-8-10-19(27)11-9-17/h3-14H,2,15H2,1H3,(H,29,31)/b23-14-. The summed E-state index contributed by atoms with van der Waals surface area (Å²) < 4.78 is 11.9. The van der Waals surface area contributed by atoms with Crippen molar-refractivity contribution < 1.29 is 19.1 Å². The molecule has 0 spiro atoms. The van der Waals surface area contributed by atoms with Crippen molar-refractivity contribution in [1.82, 2.24) is 10.4 Å². The summed E-state index contributed by atoms with van der Waals surface area (Å²) in [6.07, 6.45) is 1.69. The Morgan fingerprint density at radius 2 is 1.81 bits per heavy atom. The van der Waals surface area contributed by atoms with Crippen LogP contribution in [0.3, 0.4) is 0 Å². The zero-order valence-corrected chi connectivity index (χ0v) is 22.1. The van der Waals surface area contributed by atoms with Crippen molar-refractivity contribution in [3.63, 3.8) is 0 Å². The van der Waals surface area contributed by atoms with Crippen LogP contribution in [-0.4, -0.2) is 27.8 Å². The summed E-state index contributed by atoms with van der Waals surface area (Å²) >= 11 is 18.5. The van der Waals surface area contributed by atoms with Crippen molar-refractivity contribution in [2.75, 3.05) is 6.61 Å². The van der Waals surface area contributed by atoms with Gasteiger partial charge < -0.3 is 9.47 Å². The number of hydrazine groups is 1. The van der Waals surface area contributed by atoms with E-state index in [1.165, 1.54) is 0 Å². The maximum atomic E-state index is 13.0. The lowest BCUT2D eigenvalue weighted by Gasteiger charge is -2.15. The molecule has 4 rings (SSSR count). The number of thioether (sulfide) groups is 1. The molecule has 0 saturated carbocycles. The number of carbonyl (C=O) groups is 2. The van der Waals surface area contributed by atoms with Gasteiger partial charge in [-0.2, -0.15) is 5.01 Å². The Morgan fingerprint density at radius 3 is 2.53 bits per heavy atom. The minimum atomic E-state index is -0.470. The summed E-state index contributed by atoms with van der Waals surface area (Å²) in [5, 5.41) is 2.19. The van der Waals surface area contributed by atoms with Gasteiger partial charge in [0, 0.05) is 21.2 Å². The number of benzene rings is 3. The normalized spacial score (nSPS) is 14.3. The van der Waals surface area contributed by atoms with E-state index in [0.29, 0.717) is 44.2 Å². The second-order valence-electron chi connectivity index (χ2n) is 7.48. The number of rotatable bonds is 8. The summed E-state index contributed by atoms with van der Waals surface area (Å²) in [7, 11) is 0. The molecule has 3 aromatic rings. The first-order valence-electron chi connectivity index (χ1n) is 10.8. The van der Waals surface area contributed by atoms with Crippen LogP contribution in [0.15, 0.2) is 71.6 Å². The van der Waals surface area contributed by atoms with Gasteiger partial charge in [0.25, 0.3) is 11.8 Å². The van der Waals surface area contributed by atoms with Crippen LogP contribution in [0.1, 0.15) is 28.4 Å². The van der Waals surface area contributed by atoms with Crippen molar-refractivity contribution in [3.8, 4) is 11.5 Å². The molecule has 0 atom stereocenters. The Balaban J connectivity index is 1.49. The molecule has 2 amide bonds. The van der Waals surface area contributed by atoms with Crippen LogP contribution in [0.2, 0.25) is 10.0 Å². The first-order chi connectivity index (χ1) is 17.4. The van der Waals surface area contributed by atoms with Gasteiger partial charge in [0.2, 0.25) is 0 Å². The lowest BCUT2D eigenvalue weighted by Crippen LogP contribution is -2.44. The van der Waals surface area contributed by atoms with E-state index in [1.54, 1.807) is 48.5 Å². The molecule has 1 aliphatic heterocycles. The summed E-state index contributed by atoms with van der Waals surface area (Å²) in [6.45, 7) is 2.59. The van der Waals surface area contributed by atoms with Gasteiger partial charge in [0.15, 0.2) is 15.8 Å². The van der Waals surface area contributed by atoms with Crippen LogP contribution >= 0.6 is 47.2 Å². The zero-order chi connectivity index (χ0) is 25.7. The fourth-order valence-corrected chi connectivity index (χ4v) is 4.75. The predicted molar refractivity (Wildman–Crippen MR) is 147 cm³/mol. The van der Waals surface area contributed by atoms with Gasteiger partial charge in [0.1, 0.15) is 6.61 Å². The SMILES string of the molecule is CCOc1cc(/C=C2\SC(=S)N(NC(=O)c3ccc(Cl)cc3)C2=O)ccc1OCc1ccccc1Cl. The van der Waals surface area contributed by atoms with Crippen LogP contribution in [0.4, 0.5) is 0 Å². The van der Waals surface area contributed by atoms with Gasteiger partial charge in [-0.15, -0.1) is 0 Å². The van der Waals surface area contributed by atoms with Gasteiger partial charge in [-0.3, -0.25) is 15.0 Å². The summed E-state index contributed by atoms with van der Waals surface area (Å²) in [5.41, 5.74) is 4.48. The number of nitrogens with one attached hydrogen (secondary N) is 1. The third-order valence-electron chi connectivity index (χ3n) is 5.02. The predicted octanol–water partition coefficient (Wildman–Crippen LogP) is 6.52. The molecular formula is C26H20Cl2N2O4S2. The number of ether oxygens (including phenoxy) is 2. The smallest absolute Gasteiger partial charge is 0.285 e. The van der Waals surface area contributed by atoms with Gasteiger partial charge in [-0.25, -0.2) is 0 Å². The Bertz CT molecular complexity index is 1350. The molecule has 0 radical (unpaired) electrons. The molecule has 1 aliphatic rings. The first-order valence-corrected chi connectivity index (χ1v) is 12.8. The van der Waals surface area contributed by atoms with Crippen LogP contribution in [0, 0.1) is 0 Å². The highest BCUT2D eigenvalue weighted by molar-refractivity contribution is 8.26. The van der Waals surface area contributed by atoms with Gasteiger partial charge in [-0.05, 0) is 73.2 Å². The van der Waals surface area contributed by atoms with Crippen molar-refractivity contribution in [2.45, 2.75) is 13.5 Å². The van der Waals surface area contributed by atoms with E-state index in [4.69, 9.17) is 44.9 Å². The monoisotopic (exact) mass is 558 g/mol. The Morgan fingerprint density at radius 1 is 1.06 bits per heavy atom. The van der Waals surface area contributed by atoms with E-state index in [1.807, 2.05) is 31.2 Å². The van der Waals surface area contributed by atoms with Crippen LogP contribution in [-0.2, 0) is 11.4 Å². The average Bonchev–Trinajstić information content (AvgIpc) is 3.12. The van der Waals surface area contributed by atoms with E-state index in [9.17, 15) is 9.59 Å². The molecular weight excluding hydrogens is 539 g/mol. The van der Waals surface area contributed by atoms with Crippen molar-refractivity contribution in [3.05, 3.63) is 98.4 Å². The largest absolute Gasteiger partial charge is 0.490 e. The van der Waals surface area contributed by atoms with Gasteiger partial charge in [0.05, 0.1) is 11.5 Å². The molecule has 36 heavy (non-hydrogen) atoms. The van der Waals surface area contributed by atoms with Crippen LogP contribution < -0.4 is 14.9 Å². The minimum Gasteiger partial charge on any atom is -0.490 e. The van der Waals surface area contributed by atoms with Crippen LogP contribution in [0.25, 0.3) is 6.08 Å². The third kappa shape index (κ3) is 6.20. The van der Waals surface area contributed by atoms with Gasteiger partial charge >= 0.3 is 0 Å². The summed E-state index contributed by atoms with van der Waals surface area (Å²) in [4.78, 5) is 25.9. The lowest BCUT2D eigenvalue weighted by atomic mass is 10.1. The van der Waals surface area contributed by atoms with Crippen molar-refractivity contribution in [2.24, 2.45) is 0 Å². The highest BCUT2D eigenvalue weighted by Gasteiger charge is 2.33. The van der Waals surface area contributed by atoms with E-state index in [0.717, 1.165) is 22.3 Å². The van der Waals surface area contributed by atoms with E-state index in [2.05, 4.69) is 5.43 Å². The number of halogens is 2. The number of nitrogens with zero attached hydrogens (tertiary/aromatic N) is 1. The fourth-order valence-electron chi connectivity index (χ4n) is 3.26. The molecule has 0 unspecified atom stereocenters. The molecule has 10 heteroatoms. The Hall–Kier alpha value is -3.04. The van der Waals surface area contributed by atoms with Gasteiger partial charge in [-0.1, -0.05) is 59.2 Å². The molecule has 0 bridgehead atoms. The van der Waals surface area contributed by atoms with Crippen LogP contribution in [0.5, 0.6) is 11.5 Å². The Kier molecular flexibility index (Phi) is 8.53. The molecule has 3 aromatic carbocycles. The first kappa shape index (κ1) is 26.0. The number of carbonyl (C=O) groups excluding carboxylic acids is 2. The lowest BCUT2D eigenvalue weighted by molar-refractivity contribution is -0.123. The van der Waals surface area contributed by atoms with Crippen molar-refractivity contribution in [1.29, 1.82) is 0 Å². The minimum absolute atomic E-state index is 0.221. The summed E-state index contributed by atoms with van der Waals surface area (Å²) in [6, 6.07) is 19.1. The van der Waals surface area contributed by atoms with E-state index in [-0.39, 0.29) is 10.9 Å². The number of amides is 2. The summed E-state index contributed by atoms with van der Waals surface area (Å²) in [5.74, 6) is 0.189. The molecule has 1 heterocycles. The average molecular weight is 559 g/mol. The molecule has 1 fully saturated rings. The topological polar surface area (TPSA) is 67.9 Å². The second-order valence-corrected chi connectivity index (χ2v) is 10.0. The maximum Gasteiger partial charge on any atom is 0.285 e. The molecule has 1 N–H and O–H groups in total. The molecule has 0 aliphatic carbocycles. The highest BCUT2D eigenvalue weighted by atomic mass is 35.5. The number of hydrogen-bond donors (Lipinski definition) is 1. The Labute approximate surface area is 228 Å². The maximum absolute atomic E-state index is 13.0. The van der Waals surface area contributed by atoms with Crippen molar-refractivity contribution >= 4 is 69.4 Å². The molecule has 1 saturated heterocycles. The number of thiocarbonyl (C=S) groups is 1. The fraction of sp³-hybridized carbons (Fsp3) is 0.115. The number of hydrogen-bond acceptors (Lipinski definition) is 6. The second kappa shape index (κ2) is 11.8. The zero-order valence-electron chi connectivity index (χ0n) is 19.0. The molecule has 184 valence electrons. The highest BCUT2D eigenvalue weighted by Crippen LogP contribution is 2.35. The molecule has 0 aromatic heterocycles. The van der Waals surface area contributed by atoms with E-state index >= 15 is 0 Å². The van der Waals surface area contributed by atoms with E-state index < -0.39 is 11.8 Å². The molecule has 6 nitrogen and oxygen atoms in total.